The molecular weight excluding hydrogens is 250 g/mol. The van der Waals surface area contributed by atoms with Gasteiger partial charge in [0, 0.05) is 30.2 Å². The Bertz CT molecular complexity index is 554. The first-order valence-electron chi connectivity index (χ1n) is 7.25. The van der Waals surface area contributed by atoms with Crippen molar-refractivity contribution in [1.82, 2.24) is 5.32 Å². The van der Waals surface area contributed by atoms with Crippen molar-refractivity contribution in [2.24, 2.45) is 0 Å². The lowest BCUT2D eigenvalue weighted by Gasteiger charge is -2.17. The second-order valence-electron chi connectivity index (χ2n) is 4.95. The number of nitrogens with one attached hydrogen (secondary N) is 1. The summed E-state index contributed by atoms with van der Waals surface area (Å²) in [5.41, 5.74) is 0.945. The molecule has 0 aromatic heterocycles. The molecule has 20 heavy (non-hydrogen) atoms. The molecule has 0 aliphatic carbocycles. The molecule has 1 atom stereocenters. The number of benzene rings is 2. The Labute approximate surface area is 120 Å². The number of fused-ring (bicyclic) bond motifs is 1. The summed E-state index contributed by atoms with van der Waals surface area (Å²) in [6, 6.07) is 12.1. The van der Waals surface area contributed by atoms with E-state index in [1.807, 2.05) is 37.3 Å². The van der Waals surface area contributed by atoms with Crippen molar-refractivity contribution in [3.8, 4) is 5.75 Å². The van der Waals surface area contributed by atoms with Gasteiger partial charge in [0.15, 0.2) is 0 Å². The summed E-state index contributed by atoms with van der Waals surface area (Å²) in [7, 11) is 0. The van der Waals surface area contributed by atoms with E-state index in [-0.39, 0.29) is 6.04 Å². The van der Waals surface area contributed by atoms with Gasteiger partial charge in [-0.25, -0.2) is 0 Å². The highest BCUT2D eigenvalue weighted by Crippen LogP contribution is 2.32. The van der Waals surface area contributed by atoms with Crippen molar-refractivity contribution < 1.29 is 9.84 Å². The fraction of sp³-hybridized carbons (Fsp3) is 0.412. The van der Waals surface area contributed by atoms with Crippen molar-refractivity contribution in [2.45, 2.75) is 26.3 Å². The van der Waals surface area contributed by atoms with Gasteiger partial charge in [-0.05, 0) is 32.2 Å². The van der Waals surface area contributed by atoms with Crippen molar-refractivity contribution in [2.75, 3.05) is 19.8 Å². The van der Waals surface area contributed by atoms with Crippen LogP contribution in [0.2, 0.25) is 0 Å². The second-order valence-corrected chi connectivity index (χ2v) is 4.95. The van der Waals surface area contributed by atoms with Gasteiger partial charge in [0.05, 0.1) is 0 Å². The molecule has 0 radical (unpaired) electrons. The van der Waals surface area contributed by atoms with Gasteiger partial charge in [-0.2, -0.15) is 0 Å². The molecule has 0 saturated carbocycles. The van der Waals surface area contributed by atoms with E-state index in [1.165, 1.54) is 0 Å². The van der Waals surface area contributed by atoms with E-state index in [0.29, 0.717) is 5.75 Å². The summed E-state index contributed by atoms with van der Waals surface area (Å²) in [5, 5.41) is 15.8. The summed E-state index contributed by atoms with van der Waals surface area (Å²) in [5.74, 6) is 0.382. The molecule has 0 heterocycles. The highest BCUT2D eigenvalue weighted by Gasteiger charge is 2.12. The van der Waals surface area contributed by atoms with Gasteiger partial charge in [-0.1, -0.05) is 36.4 Å². The first-order valence-corrected chi connectivity index (χ1v) is 7.25. The summed E-state index contributed by atoms with van der Waals surface area (Å²) in [6.07, 6.45) is 0.979. The third-order valence-electron chi connectivity index (χ3n) is 3.52. The quantitative estimate of drug-likeness (QED) is 0.757. The predicted octanol–water partition coefficient (Wildman–Crippen LogP) is 3.62. The molecule has 2 rings (SSSR count). The molecule has 3 nitrogen and oxygen atoms in total. The number of hydrogen-bond donors (Lipinski definition) is 2. The van der Waals surface area contributed by atoms with Crippen LogP contribution in [-0.2, 0) is 4.74 Å². The van der Waals surface area contributed by atoms with Crippen LogP contribution < -0.4 is 5.32 Å². The van der Waals surface area contributed by atoms with Crippen LogP contribution in [0.4, 0.5) is 0 Å². The molecule has 3 heteroatoms. The zero-order valence-electron chi connectivity index (χ0n) is 12.2. The van der Waals surface area contributed by atoms with Crippen LogP contribution in [0.15, 0.2) is 36.4 Å². The molecule has 2 aromatic rings. The molecule has 108 valence electrons. The maximum atomic E-state index is 10.4. The molecule has 0 spiro atoms. The Kier molecular flexibility index (Phi) is 5.39. The van der Waals surface area contributed by atoms with Gasteiger partial charge in [0.1, 0.15) is 5.75 Å². The Morgan fingerprint density at radius 1 is 1.20 bits per heavy atom. The first-order chi connectivity index (χ1) is 9.74. The van der Waals surface area contributed by atoms with E-state index in [4.69, 9.17) is 4.74 Å². The monoisotopic (exact) mass is 273 g/mol. The fourth-order valence-corrected chi connectivity index (χ4v) is 2.37. The topological polar surface area (TPSA) is 41.5 Å². The molecule has 2 N–H and O–H groups in total. The lowest BCUT2D eigenvalue weighted by molar-refractivity contribution is 0.144. The number of ether oxygens (including phenoxy) is 1. The van der Waals surface area contributed by atoms with Gasteiger partial charge in [0.25, 0.3) is 0 Å². The average molecular weight is 273 g/mol. The zero-order chi connectivity index (χ0) is 14.4. The Balaban J connectivity index is 2.03. The van der Waals surface area contributed by atoms with Crippen molar-refractivity contribution in [3.63, 3.8) is 0 Å². The maximum absolute atomic E-state index is 10.4. The van der Waals surface area contributed by atoms with Gasteiger partial charge in [-0.3, -0.25) is 0 Å². The minimum absolute atomic E-state index is 0.126. The number of hydrogen-bond acceptors (Lipinski definition) is 3. The normalized spacial score (nSPS) is 12.7. The van der Waals surface area contributed by atoms with Crippen LogP contribution in [0, 0.1) is 0 Å². The minimum atomic E-state index is 0.126. The third kappa shape index (κ3) is 3.50. The molecule has 1 unspecified atom stereocenters. The number of phenolic OH excluding ortho intramolecular Hbond substituents is 1. The summed E-state index contributed by atoms with van der Waals surface area (Å²) < 4.78 is 5.31. The molecular formula is C17H23NO2. The number of phenols is 1. The molecule has 0 aliphatic rings. The maximum Gasteiger partial charge on any atom is 0.128 e. The van der Waals surface area contributed by atoms with Crippen LogP contribution in [0.3, 0.4) is 0 Å². The summed E-state index contributed by atoms with van der Waals surface area (Å²) in [4.78, 5) is 0. The van der Waals surface area contributed by atoms with Crippen LogP contribution in [0.1, 0.15) is 31.9 Å². The number of rotatable bonds is 7. The Morgan fingerprint density at radius 3 is 2.80 bits per heavy atom. The molecule has 0 saturated heterocycles. The molecule has 0 fully saturated rings. The van der Waals surface area contributed by atoms with Crippen LogP contribution in [0.25, 0.3) is 10.8 Å². The molecule has 2 aromatic carbocycles. The van der Waals surface area contributed by atoms with E-state index in [1.54, 1.807) is 0 Å². The standard InChI is InChI=1S/C17H23NO2/c1-3-20-12-6-11-18-13(2)15-10-9-14-7-4-5-8-16(14)17(15)19/h4-5,7-10,13,18-19H,3,6,11-12H2,1-2H3. The van der Waals surface area contributed by atoms with E-state index in [9.17, 15) is 5.11 Å². The largest absolute Gasteiger partial charge is 0.507 e. The van der Waals surface area contributed by atoms with Crippen molar-refractivity contribution in [1.29, 1.82) is 0 Å². The molecule has 0 bridgehead atoms. The van der Waals surface area contributed by atoms with E-state index >= 15 is 0 Å². The summed E-state index contributed by atoms with van der Waals surface area (Å²) >= 11 is 0. The smallest absolute Gasteiger partial charge is 0.128 e. The van der Waals surface area contributed by atoms with E-state index in [2.05, 4.69) is 18.3 Å². The molecule has 0 aliphatic heterocycles. The predicted molar refractivity (Wildman–Crippen MR) is 83.1 cm³/mol. The molecule has 0 amide bonds. The summed E-state index contributed by atoms with van der Waals surface area (Å²) in [6.45, 7) is 6.50. The lowest BCUT2D eigenvalue weighted by atomic mass is 10.0. The SMILES string of the molecule is CCOCCCNC(C)c1ccc2ccccc2c1O. The fourth-order valence-electron chi connectivity index (χ4n) is 2.37. The zero-order valence-corrected chi connectivity index (χ0v) is 12.2. The third-order valence-corrected chi connectivity index (χ3v) is 3.52. The van der Waals surface area contributed by atoms with Gasteiger partial charge in [0.2, 0.25) is 0 Å². The number of aromatic hydroxyl groups is 1. The van der Waals surface area contributed by atoms with Gasteiger partial charge < -0.3 is 15.2 Å². The highest BCUT2D eigenvalue weighted by atomic mass is 16.5. The second kappa shape index (κ2) is 7.27. The first kappa shape index (κ1) is 14.8. The van der Waals surface area contributed by atoms with E-state index < -0.39 is 0 Å². The van der Waals surface area contributed by atoms with Gasteiger partial charge in [-0.15, -0.1) is 0 Å². The average Bonchev–Trinajstić information content (AvgIpc) is 2.47. The van der Waals surface area contributed by atoms with E-state index in [0.717, 1.165) is 42.5 Å². The Hall–Kier alpha value is -1.58. The van der Waals surface area contributed by atoms with Crippen molar-refractivity contribution in [3.05, 3.63) is 42.0 Å². The van der Waals surface area contributed by atoms with Gasteiger partial charge >= 0.3 is 0 Å². The lowest BCUT2D eigenvalue weighted by Crippen LogP contribution is -2.21. The Morgan fingerprint density at radius 2 is 2.00 bits per heavy atom. The van der Waals surface area contributed by atoms with Crippen LogP contribution >= 0.6 is 0 Å². The highest BCUT2D eigenvalue weighted by molar-refractivity contribution is 5.89. The minimum Gasteiger partial charge on any atom is -0.507 e. The van der Waals surface area contributed by atoms with Crippen LogP contribution in [-0.4, -0.2) is 24.9 Å². The van der Waals surface area contributed by atoms with Crippen molar-refractivity contribution >= 4 is 10.8 Å². The van der Waals surface area contributed by atoms with Crippen LogP contribution in [0.5, 0.6) is 5.75 Å².